The molecule has 0 aliphatic heterocycles. The third kappa shape index (κ3) is 6.23. The number of unbranched alkanes of at least 4 members (excludes halogenated alkanes) is 5. The highest BCUT2D eigenvalue weighted by Crippen LogP contribution is 2.30. The second-order valence-electron chi connectivity index (χ2n) is 6.04. The van der Waals surface area contributed by atoms with Crippen LogP contribution in [0.2, 0.25) is 0 Å². The highest BCUT2D eigenvalue weighted by molar-refractivity contribution is 5.53. The zero-order chi connectivity index (χ0) is 14.9. The average Bonchev–Trinajstić information content (AvgIpc) is 3.31. The van der Waals surface area contributed by atoms with Crippen LogP contribution < -0.4 is 15.8 Å². The molecule has 1 aliphatic carbocycles. The van der Waals surface area contributed by atoms with Crippen molar-refractivity contribution in [2.75, 3.05) is 24.2 Å². The summed E-state index contributed by atoms with van der Waals surface area (Å²) in [6, 6.07) is 3.80. The molecule has 2 rings (SSSR count). The number of ether oxygens (including phenoxy) is 1. The van der Waals surface area contributed by atoms with E-state index in [1.165, 1.54) is 51.4 Å². The van der Waals surface area contributed by atoms with Gasteiger partial charge in [-0.1, -0.05) is 39.0 Å². The van der Waals surface area contributed by atoms with Gasteiger partial charge in [-0.15, -0.1) is 0 Å². The highest BCUT2D eigenvalue weighted by atomic mass is 16.5. The quantitative estimate of drug-likeness (QED) is 0.599. The number of anilines is 2. The van der Waals surface area contributed by atoms with E-state index in [4.69, 9.17) is 10.5 Å². The van der Waals surface area contributed by atoms with Gasteiger partial charge >= 0.3 is 0 Å². The van der Waals surface area contributed by atoms with Crippen molar-refractivity contribution in [3.63, 3.8) is 0 Å². The van der Waals surface area contributed by atoms with Crippen LogP contribution in [-0.4, -0.2) is 18.1 Å². The van der Waals surface area contributed by atoms with Crippen molar-refractivity contribution in [1.29, 1.82) is 0 Å². The van der Waals surface area contributed by atoms with E-state index in [0.717, 1.165) is 19.0 Å². The Morgan fingerprint density at radius 1 is 1.19 bits per heavy atom. The van der Waals surface area contributed by atoms with Crippen LogP contribution in [0.15, 0.2) is 12.1 Å². The molecule has 21 heavy (non-hydrogen) atoms. The zero-order valence-electron chi connectivity index (χ0n) is 13.2. The summed E-state index contributed by atoms with van der Waals surface area (Å²) < 4.78 is 5.70. The van der Waals surface area contributed by atoms with Crippen molar-refractivity contribution < 1.29 is 4.74 Å². The van der Waals surface area contributed by atoms with Gasteiger partial charge in [0.25, 0.3) is 0 Å². The van der Waals surface area contributed by atoms with Crippen LogP contribution in [0.4, 0.5) is 11.5 Å². The van der Waals surface area contributed by atoms with E-state index in [1.54, 1.807) is 0 Å². The third-order valence-electron chi connectivity index (χ3n) is 3.88. The largest absolute Gasteiger partial charge is 0.476 e. The molecule has 0 spiro atoms. The van der Waals surface area contributed by atoms with Crippen molar-refractivity contribution >= 4 is 11.5 Å². The van der Waals surface area contributed by atoms with Gasteiger partial charge in [-0.2, -0.15) is 4.98 Å². The molecule has 1 saturated carbocycles. The van der Waals surface area contributed by atoms with Gasteiger partial charge in [0, 0.05) is 6.54 Å². The minimum absolute atomic E-state index is 0.579. The Labute approximate surface area is 128 Å². The Morgan fingerprint density at radius 2 is 1.95 bits per heavy atom. The van der Waals surface area contributed by atoms with Crippen molar-refractivity contribution in [2.45, 2.75) is 58.3 Å². The normalized spacial score (nSPS) is 14.1. The summed E-state index contributed by atoms with van der Waals surface area (Å²) in [7, 11) is 0. The molecule has 118 valence electrons. The maximum Gasteiger partial charge on any atom is 0.239 e. The molecule has 0 unspecified atom stereocenters. The van der Waals surface area contributed by atoms with E-state index in [9.17, 15) is 0 Å². The molecule has 0 bridgehead atoms. The number of hydrogen-bond acceptors (Lipinski definition) is 4. The van der Waals surface area contributed by atoms with E-state index in [-0.39, 0.29) is 0 Å². The molecule has 1 aliphatic rings. The third-order valence-corrected chi connectivity index (χ3v) is 3.88. The lowest BCUT2D eigenvalue weighted by Gasteiger charge is -2.10. The number of nitrogens with one attached hydrogen (secondary N) is 1. The first kappa shape index (κ1) is 15.9. The standard InChI is InChI=1S/C17H29N3O/c1-2-3-4-5-6-7-12-19-16-11-10-15(18)17(20-16)21-13-14-8-9-14/h10-11,14H,2-9,12-13,18H2,1H3,(H,19,20). The lowest BCUT2D eigenvalue weighted by molar-refractivity contribution is 0.290. The maximum absolute atomic E-state index is 5.90. The lowest BCUT2D eigenvalue weighted by Crippen LogP contribution is -2.07. The summed E-state index contributed by atoms with van der Waals surface area (Å²) >= 11 is 0. The SMILES string of the molecule is CCCCCCCCNc1ccc(N)c(OCC2CC2)n1. The predicted octanol–water partition coefficient (Wildman–Crippen LogP) is 4.23. The fraction of sp³-hybridized carbons (Fsp3) is 0.706. The van der Waals surface area contributed by atoms with Crippen LogP contribution in [0, 0.1) is 5.92 Å². The molecule has 3 N–H and O–H groups in total. The summed E-state index contributed by atoms with van der Waals surface area (Å²) in [4.78, 5) is 4.46. The van der Waals surface area contributed by atoms with E-state index in [1.807, 2.05) is 12.1 Å². The molecule has 0 amide bonds. The van der Waals surface area contributed by atoms with Crippen LogP contribution >= 0.6 is 0 Å². The highest BCUT2D eigenvalue weighted by Gasteiger charge is 2.22. The molecule has 0 radical (unpaired) electrons. The Morgan fingerprint density at radius 3 is 2.71 bits per heavy atom. The maximum atomic E-state index is 5.90. The van der Waals surface area contributed by atoms with Crippen LogP contribution in [0.3, 0.4) is 0 Å². The van der Waals surface area contributed by atoms with Crippen molar-refractivity contribution in [2.24, 2.45) is 5.92 Å². The second kappa shape index (κ2) is 8.75. The van der Waals surface area contributed by atoms with Crippen LogP contribution in [0.5, 0.6) is 5.88 Å². The smallest absolute Gasteiger partial charge is 0.239 e. The minimum Gasteiger partial charge on any atom is -0.476 e. The molecule has 0 aromatic carbocycles. The molecule has 1 aromatic rings. The van der Waals surface area contributed by atoms with E-state index < -0.39 is 0 Å². The number of hydrogen-bond donors (Lipinski definition) is 2. The summed E-state index contributed by atoms with van der Waals surface area (Å²) in [5, 5.41) is 3.36. The molecule has 4 nitrogen and oxygen atoms in total. The Balaban J connectivity index is 1.66. The minimum atomic E-state index is 0.579. The van der Waals surface area contributed by atoms with Gasteiger partial charge in [0.2, 0.25) is 5.88 Å². The van der Waals surface area contributed by atoms with E-state index >= 15 is 0 Å². The molecule has 1 aromatic heterocycles. The zero-order valence-corrected chi connectivity index (χ0v) is 13.2. The van der Waals surface area contributed by atoms with Gasteiger partial charge < -0.3 is 15.8 Å². The number of rotatable bonds is 11. The summed E-state index contributed by atoms with van der Waals surface area (Å²) in [6.07, 6.45) is 10.4. The topological polar surface area (TPSA) is 60.2 Å². The number of nitrogens with two attached hydrogens (primary N) is 1. The molecular weight excluding hydrogens is 262 g/mol. The van der Waals surface area contributed by atoms with Crippen LogP contribution in [0.25, 0.3) is 0 Å². The van der Waals surface area contributed by atoms with Crippen molar-refractivity contribution in [3.8, 4) is 5.88 Å². The van der Waals surface area contributed by atoms with Gasteiger partial charge in [-0.25, -0.2) is 0 Å². The summed E-state index contributed by atoms with van der Waals surface area (Å²) in [5.74, 6) is 2.16. The van der Waals surface area contributed by atoms with Crippen molar-refractivity contribution in [1.82, 2.24) is 4.98 Å². The Kier molecular flexibility index (Phi) is 6.64. The van der Waals surface area contributed by atoms with E-state index in [2.05, 4.69) is 17.2 Å². The first-order valence-electron chi connectivity index (χ1n) is 8.42. The number of aromatic nitrogens is 1. The fourth-order valence-electron chi connectivity index (χ4n) is 2.27. The van der Waals surface area contributed by atoms with Crippen molar-refractivity contribution in [3.05, 3.63) is 12.1 Å². The predicted molar refractivity (Wildman–Crippen MR) is 88.7 cm³/mol. The van der Waals surface area contributed by atoms with Gasteiger partial charge in [0.1, 0.15) is 5.82 Å². The number of nitrogen functional groups attached to an aromatic ring is 1. The second-order valence-corrected chi connectivity index (χ2v) is 6.04. The van der Waals surface area contributed by atoms with Gasteiger partial charge in [0.15, 0.2) is 0 Å². The molecule has 4 heteroatoms. The molecule has 0 atom stereocenters. The molecular formula is C17H29N3O. The molecule has 1 heterocycles. The molecule has 1 fully saturated rings. The molecule has 0 saturated heterocycles. The fourth-order valence-corrected chi connectivity index (χ4v) is 2.27. The van der Waals surface area contributed by atoms with Crippen LogP contribution in [0.1, 0.15) is 58.3 Å². The average molecular weight is 291 g/mol. The monoisotopic (exact) mass is 291 g/mol. The Bertz CT molecular complexity index is 418. The van der Waals surface area contributed by atoms with Gasteiger partial charge in [0.05, 0.1) is 12.3 Å². The Hall–Kier alpha value is -1.45. The number of pyridine rings is 1. The summed E-state index contributed by atoms with van der Waals surface area (Å²) in [6.45, 7) is 3.96. The lowest BCUT2D eigenvalue weighted by atomic mass is 10.1. The first-order valence-corrected chi connectivity index (χ1v) is 8.42. The number of nitrogens with zero attached hydrogens (tertiary/aromatic N) is 1. The van der Waals surface area contributed by atoms with E-state index in [0.29, 0.717) is 17.5 Å². The van der Waals surface area contributed by atoms with Gasteiger partial charge in [-0.05, 0) is 37.3 Å². The summed E-state index contributed by atoms with van der Waals surface area (Å²) in [5.41, 5.74) is 6.53. The first-order chi connectivity index (χ1) is 10.3. The van der Waals surface area contributed by atoms with Gasteiger partial charge in [-0.3, -0.25) is 0 Å². The van der Waals surface area contributed by atoms with Crippen LogP contribution in [-0.2, 0) is 0 Å².